The molecule has 0 unspecified atom stereocenters. The van der Waals surface area contributed by atoms with Crippen LogP contribution in [0.5, 0.6) is 0 Å². The number of hydrogen-bond acceptors (Lipinski definition) is 3. The van der Waals surface area contributed by atoms with Crippen molar-refractivity contribution in [1.82, 2.24) is 10.6 Å². The van der Waals surface area contributed by atoms with Gasteiger partial charge < -0.3 is 15.7 Å². The molecule has 0 fully saturated rings. The van der Waals surface area contributed by atoms with Gasteiger partial charge in [0.25, 0.3) is 5.91 Å². The number of aliphatic carboxylic acids is 1. The molecule has 6 nitrogen and oxygen atoms in total. The van der Waals surface area contributed by atoms with Gasteiger partial charge in [-0.15, -0.1) is 0 Å². The maximum atomic E-state index is 13.0. The van der Waals surface area contributed by atoms with Gasteiger partial charge in [0.05, 0.1) is 10.6 Å². The third-order valence-electron chi connectivity index (χ3n) is 4.32. The van der Waals surface area contributed by atoms with Crippen molar-refractivity contribution in [3.05, 3.63) is 70.5 Å². The van der Waals surface area contributed by atoms with Gasteiger partial charge in [-0.05, 0) is 35.7 Å². The smallest absolute Gasteiger partial charge is 0.326 e. The fraction of sp³-hybridized carbons (Fsp3) is 0.286. The van der Waals surface area contributed by atoms with Gasteiger partial charge in [0.1, 0.15) is 17.9 Å². The molecule has 0 saturated heterocycles. The van der Waals surface area contributed by atoms with Crippen LogP contribution in [0.3, 0.4) is 0 Å². The molecule has 2 rings (SSSR count). The van der Waals surface area contributed by atoms with Crippen molar-refractivity contribution in [1.29, 1.82) is 0 Å². The van der Waals surface area contributed by atoms with Gasteiger partial charge in [-0.3, -0.25) is 9.59 Å². The van der Waals surface area contributed by atoms with Crippen molar-refractivity contribution < 1.29 is 23.9 Å². The molecule has 0 spiro atoms. The highest BCUT2D eigenvalue weighted by Gasteiger charge is 2.29. The number of amides is 2. The Morgan fingerprint density at radius 2 is 1.66 bits per heavy atom. The fourth-order valence-corrected chi connectivity index (χ4v) is 2.94. The molecule has 154 valence electrons. The monoisotopic (exact) mass is 420 g/mol. The van der Waals surface area contributed by atoms with E-state index in [1.165, 1.54) is 30.3 Å². The highest BCUT2D eigenvalue weighted by molar-refractivity contribution is 6.33. The predicted molar refractivity (Wildman–Crippen MR) is 107 cm³/mol. The van der Waals surface area contributed by atoms with Crippen LogP contribution in [-0.4, -0.2) is 35.0 Å². The van der Waals surface area contributed by atoms with Gasteiger partial charge in [-0.25, -0.2) is 9.18 Å². The van der Waals surface area contributed by atoms with Crippen molar-refractivity contribution in [2.24, 2.45) is 5.92 Å². The number of carboxylic acid groups (broad SMARTS) is 1. The van der Waals surface area contributed by atoms with E-state index < -0.39 is 35.7 Å². The standard InChI is InChI=1S/C21H22ClFN2O4/c1-12(2)18(25-19(26)15-5-3-4-6-16(15)22)20(27)24-17(21(28)29)11-13-7-9-14(23)10-8-13/h3-10,12,17-18H,11H2,1-2H3,(H,24,27)(H,25,26)(H,28,29)/t17-,18+/m1/s1. The van der Waals surface area contributed by atoms with Crippen LogP contribution in [0.25, 0.3) is 0 Å². The molecule has 0 saturated carbocycles. The highest BCUT2D eigenvalue weighted by atomic mass is 35.5. The summed E-state index contributed by atoms with van der Waals surface area (Å²) < 4.78 is 13.0. The van der Waals surface area contributed by atoms with E-state index in [0.29, 0.717) is 5.56 Å². The van der Waals surface area contributed by atoms with E-state index in [0.717, 1.165) is 0 Å². The number of rotatable bonds is 8. The minimum Gasteiger partial charge on any atom is -0.480 e. The quantitative estimate of drug-likeness (QED) is 0.611. The van der Waals surface area contributed by atoms with E-state index in [1.807, 2.05) is 0 Å². The van der Waals surface area contributed by atoms with E-state index in [-0.39, 0.29) is 22.9 Å². The first-order chi connectivity index (χ1) is 13.7. The topological polar surface area (TPSA) is 95.5 Å². The first-order valence-electron chi connectivity index (χ1n) is 9.02. The number of carbonyl (C=O) groups excluding carboxylic acids is 2. The molecule has 0 radical (unpaired) electrons. The second-order valence-electron chi connectivity index (χ2n) is 6.90. The lowest BCUT2D eigenvalue weighted by Crippen LogP contribution is -2.54. The molecule has 0 aliphatic heterocycles. The zero-order valence-electron chi connectivity index (χ0n) is 16.0. The Morgan fingerprint density at radius 3 is 2.21 bits per heavy atom. The van der Waals surface area contributed by atoms with Gasteiger partial charge in [-0.2, -0.15) is 0 Å². The summed E-state index contributed by atoms with van der Waals surface area (Å²) in [7, 11) is 0. The van der Waals surface area contributed by atoms with Crippen molar-refractivity contribution in [3.63, 3.8) is 0 Å². The average molecular weight is 421 g/mol. The van der Waals surface area contributed by atoms with Crippen molar-refractivity contribution >= 4 is 29.4 Å². The minimum atomic E-state index is -1.23. The van der Waals surface area contributed by atoms with Gasteiger partial charge in [0.15, 0.2) is 0 Å². The average Bonchev–Trinajstić information content (AvgIpc) is 2.66. The Kier molecular flexibility index (Phi) is 7.73. The Morgan fingerprint density at radius 1 is 1.03 bits per heavy atom. The van der Waals surface area contributed by atoms with Crippen LogP contribution in [0.1, 0.15) is 29.8 Å². The Bertz CT molecular complexity index is 887. The lowest BCUT2D eigenvalue weighted by Gasteiger charge is -2.24. The van der Waals surface area contributed by atoms with E-state index >= 15 is 0 Å². The van der Waals surface area contributed by atoms with Gasteiger partial charge in [0.2, 0.25) is 5.91 Å². The summed E-state index contributed by atoms with van der Waals surface area (Å²) in [6.45, 7) is 3.46. The zero-order chi connectivity index (χ0) is 21.6. The molecule has 0 aliphatic carbocycles. The zero-order valence-corrected chi connectivity index (χ0v) is 16.7. The highest BCUT2D eigenvalue weighted by Crippen LogP contribution is 2.16. The van der Waals surface area contributed by atoms with Gasteiger partial charge >= 0.3 is 5.97 Å². The summed E-state index contributed by atoms with van der Waals surface area (Å²) in [6.07, 6.45) is -0.0232. The summed E-state index contributed by atoms with van der Waals surface area (Å²) in [6, 6.07) is 9.57. The van der Waals surface area contributed by atoms with E-state index in [2.05, 4.69) is 10.6 Å². The maximum Gasteiger partial charge on any atom is 0.326 e. The Labute approximate surface area is 173 Å². The van der Waals surface area contributed by atoms with E-state index in [1.54, 1.807) is 32.0 Å². The van der Waals surface area contributed by atoms with Crippen molar-refractivity contribution in [2.45, 2.75) is 32.4 Å². The summed E-state index contributed by atoms with van der Waals surface area (Å²) in [5.41, 5.74) is 0.772. The second kappa shape index (κ2) is 10.0. The minimum absolute atomic E-state index is 0.0232. The molecule has 2 aromatic rings. The number of halogens is 2. The van der Waals surface area contributed by atoms with Crippen LogP contribution in [0.4, 0.5) is 4.39 Å². The molecule has 2 atom stereocenters. The van der Waals surface area contributed by atoms with Gasteiger partial charge in [-0.1, -0.05) is 49.7 Å². The number of carboxylic acids is 1. The molecule has 2 aromatic carbocycles. The third kappa shape index (κ3) is 6.29. The van der Waals surface area contributed by atoms with Gasteiger partial charge in [0, 0.05) is 6.42 Å². The largest absolute Gasteiger partial charge is 0.480 e. The molecule has 0 aliphatic rings. The molecule has 0 aromatic heterocycles. The Hall–Kier alpha value is -2.93. The predicted octanol–water partition coefficient (Wildman–Crippen LogP) is 3.05. The molecule has 2 amide bonds. The fourth-order valence-electron chi connectivity index (χ4n) is 2.72. The lowest BCUT2D eigenvalue weighted by atomic mass is 10.0. The molecule has 8 heteroatoms. The summed E-state index contributed by atoms with van der Waals surface area (Å²) in [5, 5.41) is 14.8. The number of benzene rings is 2. The summed E-state index contributed by atoms with van der Waals surface area (Å²) >= 11 is 6.02. The van der Waals surface area contributed by atoms with Crippen molar-refractivity contribution in [2.75, 3.05) is 0 Å². The Balaban J connectivity index is 2.12. The maximum absolute atomic E-state index is 13.0. The number of hydrogen-bond donors (Lipinski definition) is 3. The van der Waals surface area contributed by atoms with E-state index in [9.17, 15) is 23.9 Å². The van der Waals surface area contributed by atoms with Crippen LogP contribution >= 0.6 is 11.6 Å². The summed E-state index contributed by atoms with van der Waals surface area (Å²) in [4.78, 5) is 36.8. The molecular formula is C21H22ClFN2O4. The molecule has 29 heavy (non-hydrogen) atoms. The van der Waals surface area contributed by atoms with Crippen LogP contribution in [-0.2, 0) is 16.0 Å². The molecule has 0 heterocycles. The lowest BCUT2D eigenvalue weighted by molar-refractivity contribution is -0.142. The van der Waals surface area contributed by atoms with Crippen LogP contribution in [0.15, 0.2) is 48.5 Å². The van der Waals surface area contributed by atoms with E-state index in [4.69, 9.17) is 11.6 Å². The third-order valence-corrected chi connectivity index (χ3v) is 4.65. The normalized spacial score (nSPS) is 12.9. The number of carbonyl (C=O) groups is 3. The molecule has 0 bridgehead atoms. The van der Waals surface area contributed by atoms with Crippen LogP contribution < -0.4 is 10.6 Å². The number of nitrogens with one attached hydrogen (secondary N) is 2. The van der Waals surface area contributed by atoms with Crippen molar-refractivity contribution in [3.8, 4) is 0 Å². The van der Waals surface area contributed by atoms with Crippen LogP contribution in [0.2, 0.25) is 5.02 Å². The molecular weight excluding hydrogens is 399 g/mol. The second-order valence-corrected chi connectivity index (χ2v) is 7.31. The summed E-state index contributed by atoms with van der Waals surface area (Å²) in [5.74, 6) is -3.14. The SMILES string of the molecule is CC(C)[C@H](NC(=O)c1ccccc1Cl)C(=O)N[C@H](Cc1ccc(F)cc1)C(=O)O. The first-order valence-corrected chi connectivity index (χ1v) is 9.40. The van der Waals surface area contributed by atoms with Crippen LogP contribution in [0, 0.1) is 11.7 Å². The molecule has 3 N–H and O–H groups in total. The first kappa shape index (κ1) is 22.4.